The largest absolute Gasteiger partial charge is 0.391 e. The third-order valence-electron chi connectivity index (χ3n) is 4.22. The summed E-state index contributed by atoms with van der Waals surface area (Å²) in [4.78, 5) is 14.5. The highest BCUT2D eigenvalue weighted by Gasteiger charge is 2.30. The molecule has 1 aliphatic carbocycles. The summed E-state index contributed by atoms with van der Waals surface area (Å²) in [6.07, 6.45) is 9.38. The zero-order valence-corrected chi connectivity index (χ0v) is 13.2. The van der Waals surface area contributed by atoms with Crippen LogP contribution in [0.1, 0.15) is 26.7 Å². The van der Waals surface area contributed by atoms with E-state index in [9.17, 15) is 9.90 Å². The number of hydrogen-bond donors (Lipinski definition) is 2. The van der Waals surface area contributed by atoms with Crippen LogP contribution in [0.15, 0.2) is 24.3 Å². The molecule has 3 unspecified atom stereocenters. The van der Waals surface area contributed by atoms with Gasteiger partial charge in [0, 0.05) is 25.6 Å². The van der Waals surface area contributed by atoms with Crippen LogP contribution in [0.4, 0.5) is 0 Å². The van der Waals surface area contributed by atoms with Crippen LogP contribution in [0.25, 0.3) is 0 Å². The lowest BCUT2D eigenvalue weighted by molar-refractivity contribution is -0.137. The van der Waals surface area contributed by atoms with Gasteiger partial charge in [-0.15, -0.1) is 0 Å². The number of aliphatic hydroxyl groups excluding tert-OH is 1. The first-order valence-electron chi connectivity index (χ1n) is 8.09. The van der Waals surface area contributed by atoms with E-state index in [1.807, 2.05) is 23.1 Å². The Morgan fingerprint density at radius 2 is 2.19 bits per heavy atom. The van der Waals surface area contributed by atoms with Crippen molar-refractivity contribution in [2.24, 2.45) is 17.8 Å². The summed E-state index contributed by atoms with van der Waals surface area (Å²) in [7, 11) is 0. The number of allylic oxidation sites excluding steroid dienone is 3. The van der Waals surface area contributed by atoms with Crippen molar-refractivity contribution in [2.75, 3.05) is 26.2 Å². The molecule has 4 heteroatoms. The molecule has 2 rings (SSSR count). The van der Waals surface area contributed by atoms with Gasteiger partial charge in [-0.2, -0.15) is 0 Å². The highest BCUT2D eigenvalue weighted by atomic mass is 16.3. The molecule has 0 aromatic carbocycles. The molecule has 118 valence electrons. The second-order valence-electron chi connectivity index (χ2n) is 6.61. The van der Waals surface area contributed by atoms with E-state index in [2.05, 4.69) is 25.2 Å². The first kappa shape index (κ1) is 16.2. The van der Waals surface area contributed by atoms with Crippen LogP contribution >= 0.6 is 0 Å². The summed E-state index contributed by atoms with van der Waals surface area (Å²) in [5.41, 5.74) is 0. The number of carbonyl (C=O) groups excluding carboxylic acids is 1. The standard InChI is InChI=1S/C17H28N2O2/c1-13(2)11-19(17(21)15-8-9-18-10-15)12-16(20)14-6-4-3-5-7-14/h3-6,13-16,18,20H,7-12H2,1-2H3. The van der Waals surface area contributed by atoms with Crippen molar-refractivity contribution < 1.29 is 9.90 Å². The maximum absolute atomic E-state index is 12.6. The SMILES string of the molecule is CC(C)CN(CC(O)C1C=CC=CC1)C(=O)C1CCNC1. The fourth-order valence-corrected chi connectivity index (χ4v) is 3.07. The average Bonchev–Trinajstić information content (AvgIpc) is 3.00. The number of nitrogens with one attached hydrogen (secondary N) is 1. The predicted octanol–water partition coefficient (Wildman–Crippen LogP) is 1.57. The van der Waals surface area contributed by atoms with Gasteiger partial charge >= 0.3 is 0 Å². The highest BCUT2D eigenvalue weighted by molar-refractivity contribution is 5.79. The molecule has 1 saturated heterocycles. The monoisotopic (exact) mass is 292 g/mol. The average molecular weight is 292 g/mol. The lowest BCUT2D eigenvalue weighted by atomic mass is 9.94. The molecule has 2 aliphatic rings. The molecule has 1 heterocycles. The Balaban J connectivity index is 1.96. The van der Waals surface area contributed by atoms with Crippen LogP contribution in [0.5, 0.6) is 0 Å². The van der Waals surface area contributed by atoms with Crippen LogP contribution in [-0.4, -0.2) is 48.2 Å². The highest BCUT2D eigenvalue weighted by Crippen LogP contribution is 2.19. The van der Waals surface area contributed by atoms with Crippen molar-refractivity contribution in [3.63, 3.8) is 0 Å². The van der Waals surface area contributed by atoms with Gasteiger partial charge in [0.15, 0.2) is 0 Å². The van der Waals surface area contributed by atoms with E-state index < -0.39 is 6.10 Å². The summed E-state index contributed by atoms with van der Waals surface area (Å²) in [5, 5.41) is 13.7. The van der Waals surface area contributed by atoms with Crippen molar-refractivity contribution in [2.45, 2.75) is 32.8 Å². The fraction of sp³-hybridized carbons (Fsp3) is 0.706. The van der Waals surface area contributed by atoms with E-state index >= 15 is 0 Å². The van der Waals surface area contributed by atoms with E-state index in [0.717, 1.165) is 32.5 Å². The van der Waals surface area contributed by atoms with E-state index in [4.69, 9.17) is 0 Å². The lowest BCUT2D eigenvalue weighted by Crippen LogP contribution is -2.45. The van der Waals surface area contributed by atoms with Crippen LogP contribution in [0.2, 0.25) is 0 Å². The molecular formula is C17H28N2O2. The molecule has 0 saturated carbocycles. The van der Waals surface area contributed by atoms with Gasteiger partial charge in [-0.3, -0.25) is 4.79 Å². The number of aliphatic hydroxyl groups is 1. The van der Waals surface area contributed by atoms with Crippen molar-refractivity contribution in [1.82, 2.24) is 10.2 Å². The van der Waals surface area contributed by atoms with Gasteiger partial charge in [0.1, 0.15) is 0 Å². The van der Waals surface area contributed by atoms with Gasteiger partial charge in [-0.1, -0.05) is 38.2 Å². The zero-order valence-electron chi connectivity index (χ0n) is 13.2. The second kappa shape index (κ2) is 7.76. The van der Waals surface area contributed by atoms with Gasteiger partial charge < -0.3 is 15.3 Å². The number of carbonyl (C=O) groups is 1. The molecule has 2 N–H and O–H groups in total. The van der Waals surface area contributed by atoms with Gasteiger partial charge in [0.25, 0.3) is 0 Å². The molecule has 0 aromatic rings. The van der Waals surface area contributed by atoms with Gasteiger partial charge in [-0.25, -0.2) is 0 Å². The van der Waals surface area contributed by atoms with Crippen LogP contribution < -0.4 is 5.32 Å². The molecule has 1 fully saturated rings. The molecule has 0 radical (unpaired) electrons. The molecule has 3 atom stereocenters. The van der Waals surface area contributed by atoms with Crippen LogP contribution in [0.3, 0.4) is 0 Å². The summed E-state index contributed by atoms with van der Waals surface area (Å²) in [6.45, 7) is 7.08. The molecule has 0 bridgehead atoms. The topological polar surface area (TPSA) is 52.6 Å². The summed E-state index contributed by atoms with van der Waals surface area (Å²) in [5.74, 6) is 0.817. The van der Waals surface area contributed by atoms with Gasteiger partial charge in [0.2, 0.25) is 5.91 Å². The van der Waals surface area contributed by atoms with Crippen LogP contribution in [-0.2, 0) is 4.79 Å². The molecule has 1 aliphatic heterocycles. The second-order valence-corrected chi connectivity index (χ2v) is 6.61. The van der Waals surface area contributed by atoms with Gasteiger partial charge in [-0.05, 0) is 25.3 Å². The Labute approximate surface area is 127 Å². The molecule has 0 aromatic heterocycles. The smallest absolute Gasteiger partial charge is 0.227 e. The Hall–Kier alpha value is -1.13. The lowest BCUT2D eigenvalue weighted by Gasteiger charge is -2.31. The molecule has 1 amide bonds. The van der Waals surface area contributed by atoms with Crippen LogP contribution in [0, 0.1) is 17.8 Å². The minimum absolute atomic E-state index is 0.0812. The van der Waals surface area contributed by atoms with E-state index in [-0.39, 0.29) is 17.7 Å². The molecule has 4 nitrogen and oxygen atoms in total. The van der Waals surface area contributed by atoms with Crippen molar-refractivity contribution in [1.29, 1.82) is 0 Å². The third kappa shape index (κ3) is 4.68. The summed E-state index contributed by atoms with van der Waals surface area (Å²) in [6, 6.07) is 0. The zero-order chi connectivity index (χ0) is 15.2. The Kier molecular flexibility index (Phi) is 6.00. The quantitative estimate of drug-likeness (QED) is 0.781. The van der Waals surface area contributed by atoms with E-state index in [1.165, 1.54) is 0 Å². The van der Waals surface area contributed by atoms with Crippen molar-refractivity contribution in [3.05, 3.63) is 24.3 Å². The third-order valence-corrected chi connectivity index (χ3v) is 4.22. The Morgan fingerprint density at radius 1 is 1.38 bits per heavy atom. The number of amides is 1. The predicted molar refractivity (Wildman–Crippen MR) is 84.8 cm³/mol. The Bertz CT molecular complexity index is 398. The molecule has 0 spiro atoms. The number of rotatable bonds is 6. The maximum atomic E-state index is 12.6. The maximum Gasteiger partial charge on any atom is 0.227 e. The van der Waals surface area contributed by atoms with Crippen molar-refractivity contribution >= 4 is 5.91 Å². The minimum atomic E-state index is -0.483. The van der Waals surface area contributed by atoms with Crippen molar-refractivity contribution in [3.8, 4) is 0 Å². The number of nitrogens with zero attached hydrogens (tertiary/aromatic N) is 1. The summed E-state index contributed by atoms with van der Waals surface area (Å²) < 4.78 is 0. The fourth-order valence-electron chi connectivity index (χ4n) is 3.07. The van der Waals surface area contributed by atoms with Gasteiger partial charge in [0.05, 0.1) is 12.0 Å². The molecule has 21 heavy (non-hydrogen) atoms. The minimum Gasteiger partial charge on any atom is -0.391 e. The van der Waals surface area contributed by atoms with E-state index in [1.54, 1.807) is 0 Å². The molecular weight excluding hydrogens is 264 g/mol. The van der Waals surface area contributed by atoms with E-state index in [0.29, 0.717) is 12.5 Å². The first-order chi connectivity index (χ1) is 10.1. The Morgan fingerprint density at radius 3 is 2.76 bits per heavy atom. The number of hydrogen-bond acceptors (Lipinski definition) is 3. The summed E-state index contributed by atoms with van der Waals surface area (Å²) >= 11 is 0. The first-order valence-corrected chi connectivity index (χ1v) is 8.09. The normalized spacial score (nSPS) is 26.3.